The maximum absolute atomic E-state index is 12.3. The van der Waals surface area contributed by atoms with Crippen LogP contribution in [0.4, 0.5) is 5.69 Å². The molecule has 0 spiro atoms. The number of nitro benzene ring substituents is 1. The van der Waals surface area contributed by atoms with Crippen LogP contribution in [0.1, 0.15) is 24.0 Å². The first-order valence-electron chi connectivity index (χ1n) is 9.92. The lowest BCUT2D eigenvalue weighted by Gasteiger charge is -2.32. The summed E-state index contributed by atoms with van der Waals surface area (Å²) < 4.78 is 5.04. The van der Waals surface area contributed by atoms with E-state index in [-0.39, 0.29) is 18.2 Å². The van der Waals surface area contributed by atoms with E-state index < -0.39 is 10.9 Å². The van der Waals surface area contributed by atoms with Gasteiger partial charge in [-0.1, -0.05) is 30.3 Å². The van der Waals surface area contributed by atoms with Gasteiger partial charge in [-0.05, 0) is 54.5 Å². The Balaban J connectivity index is 1.39. The zero-order valence-electron chi connectivity index (χ0n) is 16.6. The molecular weight excluding hydrogens is 384 g/mol. The zero-order chi connectivity index (χ0) is 21.3. The summed E-state index contributed by atoms with van der Waals surface area (Å²) in [5.74, 6) is -0.255. The number of rotatable bonds is 7. The molecule has 1 fully saturated rings. The van der Waals surface area contributed by atoms with E-state index in [4.69, 9.17) is 4.74 Å². The average molecular weight is 408 g/mol. The quantitative estimate of drug-likeness (QED) is 0.302. The Hall–Kier alpha value is -3.48. The molecule has 1 heterocycles. The zero-order valence-corrected chi connectivity index (χ0v) is 16.6. The minimum absolute atomic E-state index is 0.0205. The molecule has 0 aliphatic carbocycles. The summed E-state index contributed by atoms with van der Waals surface area (Å²) >= 11 is 0. The van der Waals surface area contributed by atoms with Gasteiger partial charge in [-0.15, -0.1) is 0 Å². The van der Waals surface area contributed by atoms with Crippen LogP contribution in [0.2, 0.25) is 0 Å². The van der Waals surface area contributed by atoms with Crippen LogP contribution in [-0.4, -0.2) is 41.4 Å². The number of piperidine rings is 1. The summed E-state index contributed by atoms with van der Waals surface area (Å²) in [6.07, 6.45) is 5.60. The van der Waals surface area contributed by atoms with Crippen molar-refractivity contribution in [2.45, 2.75) is 19.3 Å². The van der Waals surface area contributed by atoms with Crippen molar-refractivity contribution < 1.29 is 19.2 Å². The van der Waals surface area contributed by atoms with Crippen LogP contribution in [0, 0.1) is 16.0 Å². The summed E-state index contributed by atoms with van der Waals surface area (Å²) in [5, 5.41) is 10.6. The smallest absolute Gasteiger partial charge is 0.331 e. The molecule has 3 rings (SSSR count). The average Bonchev–Trinajstić information content (AvgIpc) is 2.77. The molecule has 7 nitrogen and oxygen atoms in total. The molecule has 1 saturated heterocycles. The molecular formula is C23H24N2O5. The number of non-ortho nitro benzene ring substituents is 1. The molecule has 2 aromatic rings. The third-order valence-corrected chi connectivity index (χ3v) is 5.19. The Labute approximate surface area is 175 Å². The highest BCUT2D eigenvalue weighted by atomic mass is 16.6. The van der Waals surface area contributed by atoms with Gasteiger partial charge in [0.15, 0.2) is 6.61 Å². The van der Waals surface area contributed by atoms with Gasteiger partial charge in [-0.2, -0.15) is 0 Å². The number of hydrogen-bond donors (Lipinski definition) is 0. The third-order valence-electron chi connectivity index (χ3n) is 5.19. The van der Waals surface area contributed by atoms with E-state index in [9.17, 15) is 19.7 Å². The number of nitrogens with zero attached hydrogens (tertiary/aromatic N) is 2. The Kier molecular flexibility index (Phi) is 7.32. The molecule has 30 heavy (non-hydrogen) atoms. The molecule has 0 radical (unpaired) electrons. The first-order chi connectivity index (χ1) is 14.5. The number of carbonyl (C=O) groups excluding carboxylic acids is 2. The van der Waals surface area contributed by atoms with E-state index >= 15 is 0 Å². The van der Waals surface area contributed by atoms with Gasteiger partial charge in [-0.3, -0.25) is 14.9 Å². The minimum atomic E-state index is -0.624. The molecule has 0 bridgehead atoms. The van der Waals surface area contributed by atoms with Gasteiger partial charge >= 0.3 is 5.97 Å². The Morgan fingerprint density at radius 3 is 2.37 bits per heavy atom. The fourth-order valence-electron chi connectivity index (χ4n) is 3.48. The van der Waals surface area contributed by atoms with Gasteiger partial charge < -0.3 is 9.64 Å². The maximum Gasteiger partial charge on any atom is 0.331 e. The monoisotopic (exact) mass is 408 g/mol. The summed E-state index contributed by atoms with van der Waals surface area (Å²) in [6.45, 7) is 1.06. The molecule has 0 unspecified atom stereocenters. The van der Waals surface area contributed by atoms with E-state index in [0.717, 1.165) is 19.3 Å². The fourth-order valence-corrected chi connectivity index (χ4v) is 3.48. The van der Waals surface area contributed by atoms with Crippen LogP contribution in [0.25, 0.3) is 6.08 Å². The molecule has 1 amide bonds. The Morgan fingerprint density at radius 1 is 1.07 bits per heavy atom. The second-order valence-corrected chi connectivity index (χ2v) is 7.30. The lowest BCUT2D eigenvalue weighted by Crippen LogP contribution is -2.41. The molecule has 2 aromatic carbocycles. The number of ether oxygens (including phenoxy) is 1. The van der Waals surface area contributed by atoms with Crippen molar-refractivity contribution in [3.05, 3.63) is 81.9 Å². The lowest BCUT2D eigenvalue weighted by molar-refractivity contribution is -0.384. The molecule has 0 atom stereocenters. The summed E-state index contributed by atoms with van der Waals surface area (Å²) in [5.41, 5.74) is 1.92. The lowest BCUT2D eigenvalue weighted by atomic mass is 9.90. The van der Waals surface area contributed by atoms with Gasteiger partial charge in [0.25, 0.3) is 11.6 Å². The van der Waals surface area contributed by atoms with Crippen molar-refractivity contribution in [1.29, 1.82) is 0 Å². The Bertz CT molecular complexity index is 901. The van der Waals surface area contributed by atoms with E-state index in [2.05, 4.69) is 12.1 Å². The van der Waals surface area contributed by atoms with Crippen molar-refractivity contribution in [3.8, 4) is 0 Å². The largest absolute Gasteiger partial charge is 0.452 e. The number of carbonyl (C=O) groups is 2. The van der Waals surface area contributed by atoms with Crippen molar-refractivity contribution in [1.82, 2.24) is 4.90 Å². The van der Waals surface area contributed by atoms with Crippen LogP contribution in [0.15, 0.2) is 60.7 Å². The number of esters is 1. The van der Waals surface area contributed by atoms with E-state index in [0.29, 0.717) is 24.6 Å². The minimum Gasteiger partial charge on any atom is -0.452 e. The van der Waals surface area contributed by atoms with Crippen molar-refractivity contribution in [2.24, 2.45) is 5.92 Å². The van der Waals surface area contributed by atoms with Gasteiger partial charge in [0.2, 0.25) is 0 Å². The second-order valence-electron chi connectivity index (χ2n) is 7.30. The molecule has 0 saturated carbocycles. The van der Waals surface area contributed by atoms with Gasteiger partial charge in [-0.25, -0.2) is 4.79 Å². The third kappa shape index (κ3) is 6.27. The highest BCUT2D eigenvalue weighted by Crippen LogP contribution is 2.21. The van der Waals surface area contributed by atoms with Crippen molar-refractivity contribution in [2.75, 3.05) is 19.7 Å². The predicted molar refractivity (Wildman–Crippen MR) is 113 cm³/mol. The van der Waals surface area contributed by atoms with Crippen LogP contribution in [0.5, 0.6) is 0 Å². The fraction of sp³-hybridized carbons (Fsp3) is 0.304. The summed E-state index contributed by atoms with van der Waals surface area (Å²) in [7, 11) is 0. The van der Waals surface area contributed by atoms with E-state index in [1.807, 2.05) is 18.2 Å². The molecule has 156 valence electrons. The van der Waals surface area contributed by atoms with Gasteiger partial charge in [0, 0.05) is 31.3 Å². The standard InChI is InChI=1S/C23H24N2O5/c26-22(24-14-12-20(13-15-24)16-19-4-2-1-3-5-19)17-30-23(27)11-8-18-6-9-21(10-7-18)25(28)29/h1-11,20H,12-17H2. The van der Waals surface area contributed by atoms with Crippen LogP contribution in [0.3, 0.4) is 0 Å². The number of likely N-dealkylation sites (tertiary alicyclic amines) is 1. The second kappa shape index (κ2) is 10.3. The predicted octanol–water partition coefficient (Wildman–Crippen LogP) is 3.63. The van der Waals surface area contributed by atoms with Crippen molar-refractivity contribution in [3.63, 3.8) is 0 Å². The highest BCUT2D eigenvalue weighted by Gasteiger charge is 2.23. The van der Waals surface area contributed by atoms with Crippen molar-refractivity contribution >= 4 is 23.6 Å². The molecule has 7 heteroatoms. The van der Waals surface area contributed by atoms with Crippen LogP contribution < -0.4 is 0 Å². The highest BCUT2D eigenvalue weighted by molar-refractivity contribution is 5.89. The van der Waals surface area contributed by atoms with Crippen LogP contribution in [-0.2, 0) is 20.7 Å². The SMILES string of the molecule is O=C(C=Cc1ccc([N+](=O)[O-])cc1)OCC(=O)N1CCC(Cc2ccccc2)CC1. The molecule has 1 aliphatic rings. The molecule has 1 aliphatic heterocycles. The first-order valence-corrected chi connectivity index (χ1v) is 9.92. The van der Waals surface area contributed by atoms with E-state index in [1.165, 1.54) is 42.0 Å². The Morgan fingerprint density at radius 2 is 1.73 bits per heavy atom. The van der Waals surface area contributed by atoms with Gasteiger partial charge in [0.05, 0.1) is 4.92 Å². The normalized spacial score (nSPS) is 14.6. The number of benzene rings is 2. The summed E-state index contributed by atoms with van der Waals surface area (Å²) in [4.78, 5) is 36.0. The number of nitro groups is 1. The van der Waals surface area contributed by atoms with E-state index in [1.54, 1.807) is 4.90 Å². The maximum atomic E-state index is 12.3. The number of hydrogen-bond acceptors (Lipinski definition) is 5. The molecule has 0 N–H and O–H groups in total. The first kappa shape index (κ1) is 21.2. The summed E-state index contributed by atoms with van der Waals surface area (Å²) in [6, 6.07) is 16.1. The van der Waals surface area contributed by atoms with Crippen LogP contribution >= 0.6 is 0 Å². The van der Waals surface area contributed by atoms with Gasteiger partial charge in [0.1, 0.15) is 0 Å². The molecule has 0 aromatic heterocycles. The number of amides is 1. The topological polar surface area (TPSA) is 89.7 Å².